The third-order valence-corrected chi connectivity index (χ3v) is 6.62. The molecule has 0 radical (unpaired) electrons. The number of hydrogen-bond donors (Lipinski definition) is 5. The highest BCUT2D eigenvalue weighted by molar-refractivity contribution is 7.98. The van der Waals surface area contributed by atoms with Crippen LogP contribution in [-0.4, -0.2) is 81.9 Å². The number of rotatable bonds is 11. The van der Waals surface area contributed by atoms with Crippen molar-refractivity contribution in [1.29, 1.82) is 0 Å². The number of para-hydroxylation sites is 1. The molecule has 3 atom stereocenters. The first kappa shape index (κ1) is 25.6. The molecule has 0 aliphatic carbocycles. The van der Waals surface area contributed by atoms with Crippen LogP contribution in [0.4, 0.5) is 0 Å². The molecule has 2 heterocycles. The van der Waals surface area contributed by atoms with Crippen molar-refractivity contribution in [3.05, 3.63) is 36.0 Å². The smallest absolute Gasteiger partial charge is 0.326 e. The zero-order valence-corrected chi connectivity index (χ0v) is 19.9. The quantitative estimate of drug-likeness (QED) is 0.307. The number of carboxylic acids is 1. The summed E-state index contributed by atoms with van der Waals surface area (Å²) in [5.74, 6) is -1.74. The Labute approximate surface area is 202 Å². The van der Waals surface area contributed by atoms with E-state index >= 15 is 0 Å². The van der Waals surface area contributed by atoms with Gasteiger partial charge in [-0.3, -0.25) is 14.4 Å². The minimum Gasteiger partial charge on any atom is -0.480 e. The normalized spacial score (nSPS) is 17.4. The van der Waals surface area contributed by atoms with E-state index in [0.29, 0.717) is 25.8 Å². The molecule has 1 aromatic heterocycles. The van der Waals surface area contributed by atoms with Crippen molar-refractivity contribution in [2.24, 2.45) is 5.73 Å². The van der Waals surface area contributed by atoms with Gasteiger partial charge < -0.3 is 31.4 Å². The number of likely N-dealkylation sites (tertiary alicyclic amines) is 1. The van der Waals surface area contributed by atoms with Gasteiger partial charge in [-0.25, -0.2) is 4.79 Å². The molecule has 6 N–H and O–H groups in total. The maximum Gasteiger partial charge on any atom is 0.326 e. The molecule has 3 unspecified atom stereocenters. The molecule has 1 saturated heterocycles. The Morgan fingerprint density at radius 1 is 1.29 bits per heavy atom. The van der Waals surface area contributed by atoms with Crippen molar-refractivity contribution >= 4 is 46.4 Å². The van der Waals surface area contributed by atoms with Gasteiger partial charge in [-0.1, -0.05) is 18.2 Å². The molecule has 0 bridgehead atoms. The molecular formula is C23H31N5O5S. The van der Waals surface area contributed by atoms with Crippen LogP contribution in [0.25, 0.3) is 10.9 Å². The Morgan fingerprint density at radius 3 is 2.79 bits per heavy atom. The summed E-state index contributed by atoms with van der Waals surface area (Å²) in [4.78, 5) is 54.1. The van der Waals surface area contributed by atoms with Crippen molar-refractivity contribution in [2.75, 3.05) is 25.1 Å². The van der Waals surface area contributed by atoms with Crippen molar-refractivity contribution in [1.82, 2.24) is 20.5 Å². The van der Waals surface area contributed by atoms with E-state index in [1.54, 1.807) is 18.0 Å². The van der Waals surface area contributed by atoms with E-state index in [1.807, 2.05) is 30.5 Å². The highest BCUT2D eigenvalue weighted by atomic mass is 32.2. The van der Waals surface area contributed by atoms with Gasteiger partial charge in [-0.2, -0.15) is 11.8 Å². The Morgan fingerprint density at radius 2 is 2.06 bits per heavy atom. The second-order valence-electron chi connectivity index (χ2n) is 8.31. The fraction of sp³-hybridized carbons (Fsp3) is 0.478. The van der Waals surface area contributed by atoms with Crippen LogP contribution in [0.5, 0.6) is 0 Å². The van der Waals surface area contributed by atoms with Gasteiger partial charge in [0.05, 0.1) is 12.6 Å². The summed E-state index contributed by atoms with van der Waals surface area (Å²) in [6.45, 7) is 0.110. The number of fused-ring (bicyclic) bond motifs is 1. The molecule has 34 heavy (non-hydrogen) atoms. The minimum absolute atomic E-state index is 0.107. The van der Waals surface area contributed by atoms with E-state index in [0.717, 1.165) is 22.2 Å². The summed E-state index contributed by atoms with van der Waals surface area (Å²) in [5, 5.41) is 15.7. The molecule has 10 nitrogen and oxygen atoms in total. The number of aromatic nitrogens is 1. The monoisotopic (exact) mass is 489 g/mol. The Kier molecular flexibility index (Phi) is 8.94. The third-order valence-electron chi connectivity index (χ3n) is 5.97. The summed E-state index contributed by atoms with van der Waals surface area (Å²) < 4.78 is 0. The Bertz CT molecular complexity index is 1040. The second kappa shape index (κ2) is 11.9. The number of hydrogen-bond acceptors (Lipinski definition) is 6. The zero-order valence-electron chi connectivity index (χ0n) is 19.1. The average molecular weight is 490 g/mol. The average Bonchev–Trinajstić information content (AvgIpc) is 3.48. The van der Waals surface area contributed by atoms with Crippen molar-refractivity contribution in [2.45, 2.75) is 43.8 Å². The maximum absolute atomic E-state index is 12.9. The van der Waals surface area contributed by atoms with Gasteiger partial charge in [0.15, 0.2) is 0 Å². The molecule has 2 aromatic rings. The van der Waals surface area contributed by atoms with E-state index in [-0.39, 0.29) is 13.0 Å². The van der Waals surface area contributed by atoms with Crippen LogP contribution < -0.4 is 16.4 Å². The van der Waals surface area contributed by atoms with Gasteiger partial charge in [0.1, 0.15) is 12.1 Å². The predicted molar refractivity (Wildman–Crippen MR) is 130 cm³/mol. The number of benzene rings is 1. The molecule has 1 aromatic carbocycles. The summed E-state index contributed by atoms with van der Waals surface area (Å²) in [6, 6.07) is 4.91. The van der Waals surface area contributed by atoms with Crippen molar-refractivity contribution in [3.63, 3.8) is 0 Å². The number of carbonyl (C=O) groups excluding carboxylic acids is 3. The van der Waals surface area contributed by atoms with Gasteiger partial charge in [-0.15, -0.1) is 0 Å². The van der Waals surface area contributed by atoms with Crippen LogP contribution in [0.15, 0.2) is 30.5 Å². The van der Waals surface area contributed by atoms with Gasteiger partial charge in [-0.05, 0) is 42.9 Å². The van der Waals surface area contributed by atoms with Gasteiger partial charge in [0.25, 0.3) is 0 Å². The molecular weight excluding hydrogens is 458 g/mol. The number of nitrogens with zero attached hydrogens (tertiary/aromatic N) is 1. The standard InChI is InChI=1S/C23H31N5O5S/c1-34-10-8-16(24)21(30)26-13-20(29)28-9-4-7-19(28)22(31)27-18(23(32)33)11-14-12-25-17-6-3-2-5-15(14)17/h2-3,5-6,12,16,18-19,25H,4,7-11,13,24H2,1H3,(H,26,30)(H,27,31)(H,32,33). The van der Waals surface area contributed by atoms with E-state index in [4.69, 9.17) is 5.73 Å². The number of thioether (sulfide) groups is 1. The number of aliphatic carboxylic acids is 1. The first-order chi connectivity index (χ1) is 16.3. The number of carboxylic acid groups (broad SMARTS) is 1. The van der Waals surface area contributed by atoms with Gasteiger partial charge in [0, 0.05) is 30.1 Å². The largest absolute Gasteiger partial charge is 0.480 e. The lowest BCUT2D eigenvalue weighted by Gasteiger charge is -2.26. The highest BCUT2D eigenvalue weighted by Crippen LogP contribution is 2.21. The van der Waals surface area contributed by atoms with E-state index in [9.17, 15) is 24.3 Å². The SMILES string of the molecule is CSCCC(N)C(=O)NCC(=O)N1CCCC1C(=O)NC(Cc1c[nH]c2ccccc12)C(=O)O. The summed E-state index contributed by atoms with van der Waals surface area (Å²) >= 11 is 1.58. The number of amides is 3. The maximum atomic E-state index is 12.9. The zero-order chi connectivity index (χ0) is 24.7. The number of nitrogens with one attached hydrogen (secondary N) is 3. The molecule has 1 aliphatic rings. The van der Waals surface area contributed by atoms with Crippen LogP contribution in [0.2, 0.25) is 0 Å². The Hall–Kier alpha value is -3.05. The lowest BCUT2D eigenvalue weighted by molar-refractivity contribution is -0.144. The molecule has 1 fully saturated rings. The van der Waals surface area contributed by atoms with E-state index < -0.39 is 41.8 Å². The van der Waals surface area contributed by atoms with E-state index in [2.05, 4.69) is 15.6 Å². The van der Waals surface area contributed by atoms with Crippen molar-refractivity contribution in [3.8, 4) is 0 Å². The van der Waals surface area contributed by atoms with Crippen LogP contribution in [0.1, 0.15) is 24.8 Å². The molecule has 11 heteroatoms. The predicted octanol–water partition coefficient (Wildman–Crippen LogP) is 0.467. The Balaban J connectivity index is 1.59. The van der Waals surface area contributed by atoms with Crippen LogP contribution in [0.3, 0.4) is 0 Å². The number of H-pyrrole nitrogens is 1. The summed E-state index contributed by atoms with van der Waals surface area (Å²) in [5.41, 5.74) is 7.49. The van der Waals surface area contributed by atoms with E-state index in [1.165, 1.54) is 4.90 Å². The topological polar surface area (TPSA) is 158 Å². The first-order valence-corrected chi connectivity index (χ1v) is 12.6. The third kappa shape index (κ3) is 6.29. The number of aromatic amines is 1. The molecule has 3 rings (SSSR count). The fourth-order valence-electron chi connectivity index (χ4n) is 4.10. The van der Waals surface area contributed by atoms with Crippen LogP contribution >= 0.6 is 11.8 Å². The molecule has 1 aliphatic heterocycles. The van der Waals surface area contributed by atoms with Crippen molar-refractivity contribution < 1.29 is 24.3 Å². The number of nitrogens with two attached hydrogens (primary N) is 1. The molecule has 184 valence electrons. The lowest BCUT2D eigenvalue weighted by Crippen LogP contribution is -2.53. The minimum atomic E-state index is -1.15. The molecule has 0 saturated carbocycles. The molecule has 3 amide bonds. The summed E-state index contributed by atoms with van der Waals surface area (Å²) in [7, 11) is 0. The van der Waals surface area contributed by atoms with Crippen LogP contribution in [-0.2, 0) is 25.6 Å². The first-order valence-electron chi connectivity index (χ1n) is 11.2. The second-order valence-corrected chi connectivity index (χ2v) is 9.30. The summed E-state index contributed by atoms with van der Waals surface area (Å²) in [6.07, 6.45) is 5.31. The lowest BCUT2D eigenvalue weighted by atomic mass is 10.0. The van der Waals surface area contributed by atoms with Gasteiger partial charge in [0.2, 0.25) is 17.7 Å². The molecule has 0 spiro atoms. The fourth-order valence-corrected chi connectivity index (χ4v) is 4.59. The number of carbonyl (C=O) groups is 4. The highest BCUT2D eigenvalue weighted by Gasteiger charge is 2.36. The van der Waals surface area contributed by atoms with Gasteiger partial charge >= 0.3 is 5.97 Å². The van der Waals surface area contributed by atoms with Crippen LogP contribution in [0, 0.1) is 0 Å².